The average molecular weight is 356 g/mol. The fraction of sp³-hybridized carbons (Fsp3) is 0.455. The molecule has 2 aromatic carbocycles. The molecule has 0 saturated heterocycles. The Morgan fingerprint density at radius 1 is 0.840 bits per heavy atom. The Morgan fingerprint density at radius 3 is 1.80 bits per heavy atom. The first-order chi connectivity index (χ1) is 12.0. The van der Waals surface area contributed by atoms with Crippen molar-refractivity contribution in [2.75, 3.05) is 19.7 Å². The van der Waals surface area contributed by atoms with Gasteiger partial charge in [0.15, 0.2) is 0 Å². The van der Waals surface area contributed by atoms with Crippen molar-refractivity contribution < 1.29 is 4.43 Å². The topological polar surface area (TPSA) is 21.3 Å². The van der Waals surface area contributed by atoms with E-state index in [-0.39, 0.29) is 5.04 Å². The first-order valence-electron chi connectivity index (χ1n) is 9.48. The van der Waals surface area contributed by atoms with Crippen LogP contribution < -0.4 is 15.7 Å². The zero-order valence-corrected chi connectivity index (χ0v) is 17.2. The molecule has 0 amide bonds. The second kappa shape index (κ2) is 9.32. The number of rotatable bonds is 9. The molecule has 1 N–H and O–H groups in total. The van der Waals surface area contributed by atoms with Gasteiger partial charge < -0.3 is 9.74 Å². The maximum Gasteiger partial charge on any atom is 0.261 e. The maximum atomic E-state index is 6.86. The van der Waals surface area contributed by atoms with Crippen LogP contribution in [-0.4, -0.2) is 28.0 Å². The minimum absolute atomic E-state index is 0.0668. The van der Waals surface area contributed by atoms with Crippen LogP contribution in [-0.2, 0) is 4.43 Å². The molecule has 0 aliphatic rings. The Bertz CT molecular complexity index is 567. The highest BCUT2D eigenvalue weighted by Crippen LogP contribution is 2.36. The molecule has 0 saturated carbocycles. The van der Waals surface area contributed by atoms with E-state index in [2.05, 4.69) is 93.7 Å². The Labute approximate surface area is 154 Å². The lowest BCUT2D eigenvalue weighted by atomic mass is 10.2. The van der Waals surface area contributed by atoms with Gasteiger partial charge in [0.1, 0.15) is 0 Å². The van der Waals surface area contributed by atoms with Crippen molar-refractivity contribution in [2.45, 2.75) is 45.6 Å². The molecular weight excluding hydrogens is 322 g/mol. The van der Waals surface area contributed by atoms with E-state index in [9.17, 15) is 0 Å². The summed E-state index contributed by atoms with van der Waals surface area (Å²) in [4.78, 5) is 0. The quantitative estimate of drug-likeness (QED) is 0.543. The summed E-state index contributed by atoms with van der Waals surface area (Å²) in [6.07, 6.45) is 2.25. The largest absolute Gasteiger partial charge is 0.407 e. The van der Waals surface area contributed by atoms with Crippen molar-refractivity contribution >= 4 is 18.7 Å². The highest BCUT2D eigenvalue weighted by Gasteiger charge is 2.49. The summed E-state index contributed by atoms with van der Waals surface area (Å²) >= 11 is 0. The van der Waals surface area contributed by atoms with Gasteiger partial charge in [-0.25, -0.2) is 0 Å². The minimum Gasteiger partial charge on any atom is -0.407 e. The second-order valence-electron chi connectivity index (χ2n) is 7.57. The molecule has 0 bridgehead atoms. The number of hydrogen-bond acceptors (Lipinski definition) is 2. The van der Waals surface area contributed by atoms with Crippen molar-refractivity contribution in [3.05, 3.63) is 60.7 Å². The summed E-state index contributed by atoms with van der Waals surface area (Å²) in [7, 11) is -2.34. The summed E-state index contributed by atoms with van der Waals surface area (Å²) in [6, 6.07) is 21.7. The molecule has 0 heterocycles. The standard InChI is InChI=1S/C22H33NOSi/c1-5-23-18-12-13-19-24-25(22(2,3)4,20-14-8-6-9-15-20)21-16-10-7-11-17-21/h6-11,14-17,23H,5,12-13,18-19H2,1-4H3. The summed E-state index contributed by atoms with van der Waals surface area (Å²) in [5, 5.41) is 6.19. The van der Waals surface area contributed by atoms with Crippen molar-refractivity contribution in [3.63, 3.8) is 0 Å². The van der Waals surface area contributed by atoms with Crippen molar-refractivity contribution in [1.82, 2.24) is 5.32 Å². The molecule has 0 atom stereocenters. The lowest BCUT2D eigenvalue weighted by Crippen LogP contribution is -2.66. The van der Waals surface area contributed by atoms with Crippen LogP contribution in [0.1, 0.15) is 40.5 Å². The Kier molecular flexibility index (Phi) is 7.42. The monoisotopic (exact) mass is 355 g/mol. The molecule has 0 unspecified atom stereocenters. The van der Waals surface area contributed by atoms with E-state index in [0.29, 0.717) is 0 Å². The van der Waals surface area contributed by atoms with Crippen LogP contribution >= 0.6 is 0 Å². The van der Waals surface area contributed by atoms with Crippen LogP contribution in [0.5, 0.6) is 0 Å². The van der Waals surface area contributed by atoms with Crippen LogP contribution in [0.15, 0.2) is 60.7 Å². The van der Waals surface area contributed by atoms with Crippen LogP contribution in [0.25, 0.3) is 0 Å². The molecule has 2 aromatic rings. The maximum absolute atomic E-state index is 6.86. The van der Waals surface area contributed by atoms with E-state index in [1.807, 2.05) is 0 Å². The third-order valence-electron chi connectivity index (χ3n) is 4.73. The van der Waals surface area contributed by atoms with E-state index in [4.69, 9.17) is 4.43 Å². The molecule has 136 valence electrons. The van der Waals surface area contributed by atoms with Crippen molar-refractivity contribution in [1.29, 1.82) is 0 Å². The van der Waals surface area contributed by atoms with E-state index in [0.717, 1.165) is 32.5 Å². The van der Waals surface area contributed by atoms with Crippen molar-refractivity contribution in [3.8, 4) is 0 Å². The lowest BCUT2D eigenvalue weighted by molar-refractivity contribution is 0.287. The molecule has 25 heavy (non-hydrogen) atoms. The third-order valence-corrected chi connectivity index (χ3v) is 9.78. The van der Waals surface area contributed by atoms with Crippen molar-refractivity contribution in [2.24, 2.45) is 0 Å². The molecule has 3 heteroatoms. The van der Waals surface area contributed by atoms with Gasteiger partial charge in [0, 0.05) is 6.61 Å². The molecule has 0 aromatic heterocycles. The summed E-state index contributed by atoms with van der Waals surface area (Å²) in [6.45, 7) is 12.1. The average Bonchev–Trinajstić information content (AvgIpc) is 2.62. The van der Waals surface area contributed by atoms with Crippen LogP contribution in [0.3, 0.4) is 0 Å². The normalized spacial score (nSPS) is 12.3. The molecule has 0 aliphatic heterocycles. The smallest absolute Gasteiger partial charge is 0.261 e. The van der Waals surface area contributed by atoms with Gasteiger partial charge in [-0.1, -0.05) is 88.4 Å². The summed E-state index contributed by atoms with van der Waals surface area (Å²) < 4.78 is 6.86. The predicted molar refractivity (Wildman–Crippen MR) is 111 cm³/mol. The van der Waals surface area contributed by atoms with Gasteiger partial charge >= 0.3 is 0 Å². The van der Waals surface area contributed by atoms with Crippen LogP contribution in [0.2, 0.25) is 5.04 Å². The first-order valence-corrected chi connectivity index (χ1v) is 11.4. The number of benzene rings is 2. The zero-order chi connectivity index (χ0) is 18.2. The number of hydrogen-bond donors (Lipinski definition) is 1. The summed E-state index contributed by atoms with van der Waals surface area (Å²) in [5.41, 5.74) is 0. The van der Waals surface area contributed by atoms with Gasteiger partial charge in [-0.15, -0.1) is 0 Å². The molecule has 0 fully saturated rings. The van der Waals surface area contributed by atoms with Crippen LogP contribution in [0, 0.1) is 0 Å². The summed E-state index contributed by atoms with van der Waals surface area (Å²) in [5.74, 6) is 0. The number of unbranched alkanes of at least 4 members (excludes halogenated alkanes) is 1. The molecule has 0 spiro atoms. The third kappa shape index (κ3) is 4.81. The van der Waals surface area contributed by atoms with Gasteiger partial charge in [0.05, 0.1) is 0 Å². The SMILES string of the molecule is CCNCCCCO[Si](c1ccccc1)(c1ccccc1)C(C)(C)C. The van der Waals surface area contributed by atoms with Gasteiger partial charge in [-0.05, 0) is 41.3 Å². The second-order valence-corrected chi connectivity index (χ2v) is 11.9. The Morgan fingerprint density at radius 2 is 1.36 bits per heavy atom. The fourth-order valence-electron chi connectivity index (χ4n) is 3.52. The van der Waals surface area contributed by atoms with Gasteiger partial charge in [0.2, 0.25) is 0 Å². The predicted octanol–water partition coefficient (Wildman–Crippen LogP) is 3.95. The van der Waals surface area contributed by atoms with E-state index in [1.165, 1.54) is 10.4 Å². The molecule has 2 rings (SSSR count). The minimum atomic E-state index is -2.34. The van der Waals surface area contributed by atoms with Crippen LogP contribution in [0.4, 0.5) is 0 Å². The lowest BCUT2D eigenvalue weighted by Gasteiger charge is -2.43. The van der Waals surface area contributed by atoms with E-state index in [1.54, 1.807) is 0 Å². The zero-order valence-electron chi connectivity index (χ0n) is 16.2. The Balaban J connectivity index is 2.33. The molecule has 0 radical (unpaired) electrons. The fourth-order valence-corrected chi connectivity index (χ4v) is 8.12. The molecule has 2 nitrogen and oxygen atoms in total. The molecular formula is C22H33NOSi. The van der Waals surface area contributed by atoms with Gasteiger partial charge in [-0.2, -0.15) is 0 Å². The molecule has 0 aliphatic carbocycles. The van der Waals surface area contributed by atoms with Gasteiger partial charge in [-0.3, -0.25) is 0 Å². The number of nitrogens with one attached hydrogen (secondary N) is 1. The highest BCUT2D eigenvalue weighted by molar-refractivity contribution is 6.99. The van der Waals surface area contributed by atoms with E-state index < -0.39 is 8.32 Å². The van der Waals surface area contributed by atoms with Gasteiger partial charge in [0.25, 0.3) is 8.32 Å². The van der Waals surface area contributed by atoms with E-state index >= 15 is 0 Å². The highest BCUT2D eigenvalue weighted by atomic mass is 28.4. The first kappa shape index (κ1) is 19.9. The Hall–Kier alpha value is -1.42.